The van der Waals surface area contributed by atoms with E-state index in [-0.39, 0.29) is 19.3 Å². The molecule has 0 aliphatic heterocycles. The van der Waals surface area contributed by atoms with Gasteiger partial charge in [-0.05, 0) is 135 Å². The average Bonchev–Trinajstić information content (AvgIpc) is 3.68. The van der Waals surface area contributed by atoms with Crippen LogP contribution in [0, 0.1) is 0 Å². The molecule has 494 valence electrons. The van der Waals surface area contributed by atoms with Gasteiger partial charge in [0, 0.05) is 19.3 Å². The molecule has 0 saturated carbocycles. The van der Waals surface area contributed by atoms with Crippen LogP contribution in [0.4, 0.5) is 0 Å². The molecule has 0 aliphatic carbocycles. The predicted molar refractivity (Wildman–Crippen MR) is 352 cm³/mol. The van der Waals surface area contributed by atoms with Gasteiger partial charge in [-0.1, -0.05) is 205 Å². The lowest BCUT2D eigenvalue weighted by Gasteiger charge is -2.21. The first kappa shape index (κ1) is 82.4. The highest BCUT2D eigenvalue weighted by Crippen LogP contribution is 2.45. The molecule has 4 N–H and O–H groups in total. The number of carbonyl (C=O) groups is 3. The minimum absolute atomic E-state index is 0.0703. The van der Waals surface area contributed by atoms with Crippen molar-refractivity contribution in [1.29, 1.82) is 0 Å². The Morgan fingerprint density at radius 3 is 1.02 bits per heavy atom. The quantitative estimate of drug-likeness (QED) is 0.0146. The van der Waals surface area contributed by atoms with Crippen molar-refractivity contribution in [3.8, 4) is 0 Å². The number of rotatable bonds is 59. The van der Waals surface area contributed by atoms with E-state index in [1.54, 1.807) is 0 Å². The van der Waals surface area contributed by atoms with Gasteiger partial charge in [0.15, 0.2) is 6.10 Å². The van der Waals surface area contributed by atoms with Crippen LogP contribution < -0.4 is 0 Å². The van der Waals surface area contributed by atoms with Crippen molar-refractivity contribution >= 4 is 33.6 Å². The van der Waals surface area contributed by atoms with Crippen molar-refractivity contribution in [3.63, 3.8) is 0 Å². The van der Waals surface area contributed by atoms with Crippen LogP contribution in [0.1, 0.15) is 213 Å². The Bertz CT molecular complexity index is 2170. The number of carbonyl (C=O) groups excluding carboxylic acids is 3. The number of ether oxygens (including phenoxy) is 3. The molecule has 0 saturated heterocycles. The van der Waals surface area contributed by atoms with E-state index in [4.69, 9.17) is 32.3 Å². The molecule has 0 rings (SSSR count). The summed E-state index contributed by atoms with van der Waals surface area (Å²) in [6.45, 7) is 2.24. The highest BCUT2D eigenvalue weighted by atomic mass is 31.2. The van der Waals surface area contributed by atoms with Crippen LogP contribution in [0.5, 0.6) is 0 Å². The molecule has 0 aromatic carbocycles. The van der Waals surface area contributed by atoms with Crippen LogP contribution in [0.15, 0.2) is 146 Å². The van der Waals surface area contributed by atoms with Crippen LogP contribution in [0.3, 0.4) is 0 Å². The molecule has 0 heterocycles. The van der Waals surface area contributed by atoms with E-state index in [0.29, 0.717) is 25.7 Å². The van der Waals surface area contributed by atoms with Gasteiger partial charge in [0.25, 0.3) is 0 Å². The molecule has 0 aromatic heterocycles. The van der Waals surface area contributed by atoms with Gasteiger partial charge in [-0.25, -0.2) is 9.13 Å². The normalized spacial score (nSPS) is 15.3. The summed E-state index contributed by atoms with van der Waals surface area (Å²) >= 11 is 0. The highest BCUT2D eigenvalue weighted by Gasteiger charge is 2.29. The Hall–Kier alpha value is -4.57. The summed E-state index contributed by atoms with van der Waals surface area (Å²) in [7, 11) is -9.81. The Morgan fingerprint density at radius 1 is 0.333 bits per heavy atom. The molecular weight excluding hydrogens is 1150 g/mol. The van der Waals surface area contributed by atoms with Gasteiger partial charge in [-0.3, -0.25) is 32.5 Å². The zero-order valence-corrected chi connectivity index (χ0v) is 54.9. The standard InChI is InChI=1S/C69H112O16P2/c1-4-7-10-13-16-19-22-25-28-30-31-33-36-37-40-43-46-49-52-55-67(72)79-58-64(70)59-81-86(75,76)82-60-65(71)61-83-87(77,78)84-63-66(85-69(74)57-54-51-48-45-42-39-34-27-24-21-18-15-12-9-6-3)62-80-68(73)56-53-50-47-44-41-38-35-32-29-26-23-20-17-14-11-8-5-2/h7-8,10-11,16-21,25-29,31,33-35,37-38,40,44,47,64-66,70-71H,4-6,9,12-15,22-24,30,32,36,39,41-43,45-46,48-63H2,1-3H3,(H,75,76)(H,77,78)/b10-7-,11-8-,19-16-,20-17-,21-18-,28-25-,29-26-,33-31-,34-27-,38-35-,40-37-,47-44-. The van der Waals surface area contributed by atoms with Gasteiger partial charge in [-0.15, -0.1) is 0 Å². The third kappa shape index (κ3) is 62.8. The summed E-state index contributed by atoms with van der Waals surface area (Å²) in [5.74, 6) is -1.70. The molecule has 0 radical (unpaired) electrons. The lowest BCUT2D eigenvalue weighted by atomic mass is 10.1. The maximum Gasteiger partial charge on any atom is 0.472 e. The van der Waals surface area contributed by atoms with E-state index >= 15 is 0 Å². The molecule has 0 amide bonds. The molecule has 0 fully saturated rings. The monoisotopic (exact) mass is 1260 g/mol. The first-order valence-electron chi connectivity index (χ1n) is 32.1. The average molecular weight is 1260 g/mol. The zero-order valence-electron chi connectivity index (χ0n) is 53.1. The lowest BCUT2D eigenvalue weighted by molar-refractivity contribution is -0.161. The van der Waals surface area contributed by atoms with Crippen molar-refractivity contribution in [1.82, 2.24) is 0 Å². The Labute approximate surface area is 524 Å². The molecule has 5 atom stereocenters. The Morgan fingerprint density at radius 2 is 0.621 bits per heavy atom. The van der Waals surface area contributed by atoms with Crippen LogP contribution >= 0.6 is 15.6 Å². The number of phosphoric acid groups is 2. The summed E-state index contributed by atoms with van der Waals surface area (Å²) in [4.78, 5) is 58.2. The smallest absolute Gasteiger partial charge is 0.463 e. The SMILES string of the molecule is CC/C=C\C/C=C\C/C=C\C/C=C\C/C=C\CCCCCC(=O)OCC(O)COP(=O)(O)OCC(O)COP(=O)(O)OCC(COC(=O)CCC/C=C\C/C=C\C/C=C\C/C=C\C/C=C\CC)OC(=O)CCCCCCC/C=C\C/C=C\CCCCC. The molecule has 0 aliphatic rings. The Balaban J connectivity index is 4.80. The molecule has 87 heavy (non-hydrogen) atoms. The fourth-order valence-corrected chi connectivity index (χ4v) is 9.24. The summed E-state index contributed by atoms with van der Waals surface area (Å²) in [5.41, 5.74) is 0. The second-order valence-electron chi connectivity index (χ2n) is 20.8. The third-order valence-electron chi connectivity index (χ3n) is 12.5. The minimum Gasteiger partial charge on any atom is -0.463 e. The number of esters is 3. The summed E-state index contributed by atoms with van der Waals surface area (Å²) in [6.07, 6.45) is 72.0. The van der Waals surface area contributed by atoms with Crippen molar-refractivity contribution < 1.29 is 75.8 Å². The largest absolute Gasteiger partial charge is 0.472 e. The second-order valence-corrected chi connectivity index (χ2v) is 23.7. The first-order chi connectivity index (χ1) is 42.2. The molecule has 5 unspecified atom stereocenters. The fraction of sp³-hybridized carbons (Fsp3) is 0.609. The minimum atomic E-state index is -4.95. The number of hydrogen-bond acceptors (Lipinski definition) is 14. The van der Waals surface area contributed by atoms with E-state index in [1.165, 1.54) is 19.3 Å². The lowest BCUT2D eigenvalue weighted by Crippen LogP contribution is -2.30. The number of hydrogen-bond donors (Lipinski definition) is 4. The Kier molecular flexibility index (Phi) is 58.4. The number of phosphoric ester groups is 2. The van der Waals surface area contributed by atoms with Crippen molar-refractivity contribution in [2.24, 2.45) is 0 Å². The first-order valence-corrected chi connectivity index (χ1v) is 35.1. The number of allylic oxidation sites excluding steroid dienone is 24. The second kappa shape index (κ2) is 61.7. The van der Waals surface area contributed by atoms with Gasteiger partial charge < -0.3 is 34.2 Å². The third-order valence-corrected chi connectivity index (χ3v) is 14.4. The zero-order chi connectivity index (χ0) is 63.8. The van der Waals surface area contributed by atoms with Crippen LogP contribution in [-0.2, 0) is 55.8 Å². The number of aliphatic hydroxyl groups excluding tert-OH is 2. The van der Waals surface area contributed by atoms with Crippen LogP contribution in [-0.4, -0.2) is 95.9 Å². The van der Waals surface area contributed by atoms with E-state index in [1.807, 2.05) is 12.2 Å². The van der Waals surface area contributed by atoms with E-state index in [2.05, 4.69) is 154 Å². The number of aliphatic hydroxyl groups is 2. The molecular formula is C69H112O16P2. The topological polar surface area (TPSA) is 231 Å². The van der Waals surface area contributed by atoms with Crippen LogP contribution in [0.2, 0.25) is 0 Å². The van der Waals surface area contributed by atoms with E-state index in [0.717, 1.165) is 128 Å². The summed E-state index contributed by atoms with van der Waals surface area (Å²) < 4.78 is 60.7. The molecule has 0 bridgehead atoms. The van der Waals surface area contributed by atoms with E-state index < -0.39 is 91.5 Å². The highest BCUT2D eigenvalue weighted by molar-refractivity contribution is 7.47. The summed E-state index contributed by atoms with van der Waals surface area (Å²) in [6, 6.07) is 0. The van der Waals surface area contributed by atoms with Crippen molar-refractivity contribution in [3.05, 3.63) is 146 Å². The van der Waals surface area contributed by atoms with Crippen LogP contribution in [0.25, 0.3) is 0 Å². The van der Waals surface area contributed by atoms with Gasteiger partial charge in [0.2, 0.25) is 0 Å². The maximum atomic E-state index is 12.9. The summed E-state index contributed by atoms with van der Waals surface area (Å²) in [5, 5.41) is 20.5. The maximum absolute atomic E-state index is 12.9. The molecule has 0 aromatic rings. The fourth-order valence-electron chi connectivity index (χ4n) is 7.66. The number of unbranched alkanes of at least 4 members (excludes halogenated alkanes) is 12. The van der Waals surface area contributed by atoms with Gasteiger partial charge in [-0.2, -0.15) is 0 Å². The van der Waals surface area contributed by atoms with Crippen molar-refractivity contribution in [2.75, 3.05) is 39.6 Å². The van der Waals surface area contributed by atoms with E-state index in [9.17, 15) is 43.5 Å². The molecule has 18 heteroatoms. The van der Waals surface area contributed by atoms with Gasteiger partial charge in [0.1, 0.15) is 25.4 Å². The molecule has 0 spiro atoms. The van der Waals surface area contributed by atoms with Gasteiger partial charge in [0.05, 0.1) is 26.4 Å². The van der Waals surface area contributed by atoms with Gasteiger partial charge >= 0.3 is 33.6 Å². The predicted octanol–water partition coefficient (Wildman–Crippen LogP) is 17.4. The molecule has 16 nitrogen and oxygen atoms in total. The van der Waals surface area contributed by atoms with Crippen molar-refractivity contribution in [2.45, 2.75) is 232 Å².